The van der Waals surface area contributed by atoms with Crippen LogP contribution in [-0.2, 0) is 10.0 Å². The molecule has 0 spiro atoms. The van der Waals surface area contributed by atoms with E-state index in [2.05, 4.69) is 4.98 Å². The highest BCUT2D eigenvalue weighted by molar-refractivity contribution is 7.91. The van der Waals surface area contributed by atoms with Crippen LogP contribution in [0.5, 0.6) is 0 Å². The minimum atomic E-state index is -3.58. The number of aryl methyl sites for hydroxylation is 2. The molecule has 0 aliphatic heterocycles. The van der Waals surface area contributed by atoms with Crippen LogP contribution >= 0.6 is 34.3 Å². The van der Waals surface area contributed by atoms with Gasteiger partial charge in [0, 0.05) is 16.8 Å². The van der Waals surface area contributed by atoms with Gasteiger partial charge in [0.05, 0.1) is 11.7 Å². The number of hydrogen-bond acceptors (Lipinski definition) is 5. The Hall–Kier alpha value is -0.470. The van der Waals surface area contributed by atoms with Gasteiger partial charge in [-0.1, -0.05) is 22.9 Å². The minimum Gasteiger partial charge on any atom is -0.229 e. The smallest absolute Gasteiger partial charge is 0.229 e. The molecule has 0 radical (unpaired) electrons. The molecule has 0 aromatic carbocycles. The minimum absolute atomic E-state index is 0.213. The molecule has 0 amide bonds. The highest BCUT2D eigenvalue weighted by Gasteiger charge is 2.30. The first kappa shape index (κ1) is 15.9. The van der Waals surface area contributed by atoms with E-state index in [0.29, 0.717) is 5.69 Å². The molecule has 0 fully saturated rings. The average Bonchev–Trinajstić information content (AvgIpc) is 2.93. The number of thiophene rings is 1. The number of rotatable bonds is 4. The summed E-state index contributed by atoms with van der Waals surface area (Å²) in [5.74, 6) is 0. The molecule has 20 heavy (non-hydrogen) atoms. The molecule has 0 aliphatic carbocycles. The van der Waals surface area contributed by atoms with Gasteiger partial charge in [-0.15, -0.1) is 11.3 Å². The van der Waals surface area contributed by atoms with Gasteiger partial charge >= 0.3 is 0 Å². The van der Waals surface area contributed by atoms with Crippen molar-refractivity contribution in [3.63, 3.8) is 0 Å². The summed E-state index contributed by atoms with van der Waals surface area (Å²) in [6.07, 6.45) is 0. The van der Waals surface area contributed by atoms with Gasteiger partial charge in [0.15, 0.2) is 8.68 Å². The molecule has 1 unspecified atom stereocenters. The van der Waals surface area contributed by atoms with Crippen LogP contribution in [0.4, 0.5) is 0 Å². The first-order valence-corrected chi connectivity index (χ1v) is 9.36. The van der Waals surface area contributed by atoms with E-state index in [9.17, 15) is 8.42 Å². The lowest BCUT2D eigenvalue weighted by atomic mass is 10.3. The molecule has 2 rings (SSSR count). The van der Waals surface area contributed by atoms with Gasteiger partial charge < -0.3 is 0 Å². The van der Waals surface area contributed by atoms with Crippen molar-refractivity contribution in [1.29, 1.82) is 0 Å². The predicted octanol–water partition coefficient (Wildman–Crippen LogP) is 3.86. The molecule has 1 atom stereocenters. The third kappa shape index (κ3) is 2.92. The van der Waals surface area contributed by atoms with E-state index in [1.807, 2.05) is 26.0 Å². The molecule has 0 saturated heterocycles. The zero-order chi connectivity index (χ0) is 15.1. The van der Waals surface area contributed by atoms with Gasteiger partial charge in [-0.2, -0.15) is 4.31 Å². The lowest BCUT2D eigenvalue weighted by Crippen LogP contribution is -2.29. The molecule has 8 heteroatoms. The van der Waals surface area contributed by atoms with Crippen molar-refractivity contribution in [3.05, 3.63) is 32.0 Å². The first-order chi connectivity index (χ1) is 9.23. The van der Waals surface area contributed by atoms with E-state index >= 15 is 0 Å². The second kappa shape index (κ2) is 5.73. The van der Waals surface area contributed by atoms with E-state index in [1.165, 1.54) is 4.31 Å². The molecular formula is C12H15ClN2O2S3. The van der Waals surface area contributed by atoms with Crippen molar-refractivity contribution in [2.45, 2.75) is 31.0 Å². The molecule has 0 N–H and O–H groups in total. The summed E-state index contributed by atoms with van der Waals surface area (Å²) >= 11 is 8.40. The van der Waals surface area contributed by atoms with Gasteiger partial charge in [-0.25, -0.2) is 13.4 Å². The zero-order valence-corrected chi connectivity index (χ0v) is 14.8. The Kier molecular flexibility index (Phi) is 4.56. The summed E-state index contributed by atoms with van der Waals surface area (Å²) < 4.78 is 27.1. The van der Waals surface area contributed by atoms with Crippen LogP contribution in [-0.4, -0.2) is 24.8 Å². The fourth-order valence-corrected chi connectivity index (χ4v) is 6.07. The van der Waals surface area contributed by atoms with E-state index in [4.69, 9.17) is 11.6 Å². The van der Waals surface area contributed by atoms with Crippen LogP contribution in [0.2, 0.25) is 4.47 Å². The molecule has 2 heterocycles. The van der Waals surface area contributed by atoms with Gasteiger partial charge in [0.2, 0.25) is 0 Å². The molecular weight excluding hydrogens is 336 g/mol. The van der Waals surface area contributed by atoms with Crippen LogP contribution in [0.15, 0.2) is 16.3 Å². The quantitative estimate of drug-likeness (QED) is 0.841. The second-order valence-corrected chi connectivity index (χ2v) is 9.58. The second-order valence-electron chi connectivity index (χ2n) is 4.49. The summed E-state index contributed by atoms with van der Waals surface area (Å²) in [6, 6.07) is 3.73. The summed E-state index contributed by atoms with van der Waals surface area (Å²) in [5.41, 5.74) is 0.446. The fourth-order valence-electron chi connectivity index (χ4n) is 1.79. The number of hydrogen-bond donors (Lipinski definition) is 0. The van der Waals surface area contributed by atoms with Gasteiger partial charge in [0.25, 0.3) is 10.0 Å². The Labute approximate surface area is 132 Å². The van der Waals surface area contributed by atoms with Crippen molar-refractivity contribution in [2.24, 2.45) is 0 Å². The van der Waals surface area contributed by atoms with Crippen LogP contribution in [0.25, 0.3) is 0 Å². The maximum atomic E-state index is 12.6. The summed E-state index contributed by atoms with van der Waals surface area (Å²) in [7, 11) is -1.99. The van der Waals surface area contributed by atoms with E-state index in [-0.39, 0.29) is 14.7 Å². The SMILES string of the molecule is Cc1ccc(C(C)N(C)S(=O)(=O)c2sc(Cl)nc2C)s1. The molecule has 4 nitrogen and oxygen atoms in total. The fraction of sp³-hybridized carbons (Fsp3) is 0.417. The Morgan fingerprint density at radius 1 is 1.30 bits per heavy atom. The van der Waals surface area contributed by atoms with E-state index in [1.54, 1.807) is 25.3 Å². The third-order valence-electron chi connectivity index (χ3n) is 3.06. The molecule has 110 valence electrons. The van der Waals surface area contributed by atoms with Crippen LogP contribution in [0, 0.1) is 13.8 Å². The Morgan fingerprint density at radius 3 is 2.40 bits per heavy atom. The van der Waals surface area contributed by atoms with Gasteiger partial charge in [0.1, 0.15) is 0 Å². The lowest BCUT2D eigenvalue weighted by molar-refractivity contribution is 0.403. The van der Waals surface area contributed by atoms with Crippen molar-refractivity contribution in [1.82, 2.24) is 9.29 Å². The van der Waals surface area contributed by atoms with Crippen molar-refractivity contribution >= 4 is 44.3 Å². The summed E-state index contributed by atoms with van der Waals surface area (Å²) in [5, 5.41) is 0. The third-order valence-corrected chi connectivity index (χ3v) is 8.01. The first-order valence-electron chi connectivity index (χ1n) is 5.90. The van der Waals surface area contributed by atoms with Gasteiger partial charge in [-0.3, -0.25) is 0 Å². The Balaban J connectivity index is 2.36. The summed E-state index contributed by atoms with van der Waals surface area (Å²) in [4.78, 5) is 6.15. The number of thiazole rings is 1. The molecule has 2 aromatic heterocycles. The van der Waals surface area contributed by atoms with Crippen LogP contribution in [0.3, 0.4) is 0 Å². The average molecular weight is 351 g/mol. The van der Waals surface area contributed by atoms with Crippen LogP contribution in [0.1, 0.15) is 28.4 Å². The van der Waals surface area contributed by atoms with E-state index < -0.39 is 10.0 Å². The topological polar surface area (TPSA) is 50.3 Å². The largest absolute Gasteiger partial charge is 0.254 e. The lowest BCUT2D eigenvalue weighted by Gasteiger charge is -2.22. The van der Waals surface area contributed by atoms with Crippen molar-refractivity contribution in [2.75, 3.05) is 7.05 Å². The number of halogens is 1. The number of nitrogens with zero attached hydrogens (tertiary/aromatic N) is 2. The maximum Gasteiger partial charge on any atom is 0.254 e. The zero-order valence-electron chi connectivity index (χ0n) is 11.5. The number of aromatic nitrogens is 1. The predicted molar refractivity (Wildman–Crippen MR) is 84.3 cm³/mol. The monoisotopic (exact) mass is 350 g/mol. The Morgan fingerprint density at radius 2 is 1.95 bits per heavy atom. The highest BCUT2D eigenvalue weighted by atomic mass is 35.5. The summed E-state index contributed by atoms with van der Waals surface area (Å²) in [6.45, 7) is 5.53. The molecule has 2 aromatic rings. The number of sulfonamides is 1. The Bertz CT molecular complexity index is 721. The van der Waals surface area contributed by atoms with Gasteiger partial charge in [-0.05, 0) is 32.9 Å². The standard InChI is InChI=1S/C12H15ClN2O2S3/c1-7-5-6-10(18-7)9(3)15(4)20(16,17)11-8(2)14-12(13)19-11/h5-6,9H,1-4H3. The maximum absolute atomic E-state index is 12.6. The van der Waals surface area contributed by atoms with E-state index in [0.717, 1.165) is 21.1 Å². The van der Waals surface area contributed by atoms with Crippen LogP contribution < -0.4 is 0 Å². The highest BCUT2D eigenvalue weighted by Crippen LogP contribution is 2.34. The van der Waals surface area contributed by atoms with Crippen molar-refractivity contribution < 1.29 is 8.42 Å². The molecule has 0 bridgehead atoms. The van der Waals surface area contributed by atoms with Crippen molar-refractivity contribution in [3.8, 4) is 0 Å². The molecule has 0 aliphatic rings. The molecule has 0 saturated carbocycles. The normalized spacial score (nSPS) is 13.9.